The minimum Gasteiger partial charge on any atom is -0.501 e. The zero-order valence-electron chi connectivity index (χ0n) is 38.6. The molecule has 0 N–H and O–H groups in total. The topological polar surface area (TPSA) is 34.8 Å². The molecule has 55 heavy (non-hydrogen) atoms. The van der Waals surface area contributed by atoms with Gasteiger partial charge in [-0.25, -0.2) is 0 Å². The van der Waals surface area contributed by atoms with Gasteiger partial charge in [-0.1, -0.05) is 102 Å². The summed E-state index contributed by atoms with van der Waals surface area (Å²) in [6.07, 6.45) is 8.56. The largest absolute Gasteiger partial charge is 3.00 e. The van der Waals surface area contributed by atoms with Gasteiger partial charge in [0, 0.05) is 32.2 Å². The smallest absolute Gasteiger partial charge is 0.501 e. The first-order valence-corrected chi connectivity index (χ1v) is 21.5. The molecule has 274 valence electrons. The Morgan fingerprint density at radius 3 is 2.33 bits per heavy atom. The number of hydrogen-bond donors (Lipinski definition) is 0. The average Bonchev–Trinajstić information content (AvgIpc) is 3.85. The SMILES string of the molecule is CC(C)(C)[n+]1[c-]n(-c2[c-]cccc2)cc1.[2H]c1cc([Si](C)(C)C)cc(C([2H])([2H])[2H])c1-c1cc(-c2[c-]ccc3c2oc2cc4c(ccc5ccccc54)cc23)ncc1C([2H])([2H])[2H].[Ir+3]. The van der Waals surface area contributed by atoms with Gasteiger partial charge in [0.1, 0.15) is 5.58 Å². The van der Waals surface area contributed by atoms with Crippen molar-refractivity contribution in [2.24, 2.45) is 0 Å². The minimum absolute atomic E-state index is 0. The van der Waals surface area contributed by atoms with Crippen molar-refractivity contribution in [2.45, 2.75) is 59.7 Å². The molecule has 9 rings (SSSR count). The van der Waals surface area contributed by atoms with E-state index in [-0.39, 0.29) is 53.9 Å². The summed E-state index contributed by atoms with van der Waals surface area (Å²) in [5.74, 6) is 0. The molecule has 0 unspecified atom stereocenters. The van der Waals surface area contributed by atoms with E-state index in [0.29, 0.717) is 22.4 Å². The molecule has 0 spiro atoms. The van der Waals surface area contributed by atoms with E-state index in [0.717, 1.165) is 43.2 Å². The molecule has 0 bridgehead atoms. The van der Waals surface area contributed by atoms with Crippen LogP contribution in [0.3, 0.4) is 0 Å². The van der Waals surface area contributed by atoms with Gasteiger partial charge in [-0.15, -0.1) is 18.2 Å². The summed E-state index contributed by atoms with van der Waals surface area (Å²) < 4.78 is 69.5. The molecule has 6 aromatic carbocycles. The van der Waals surface area contributed by atoms with Crippen molar-refractivity contribution in [1.29, 1.82) is 0 Å². The van der Waals surface area contributed by atoms with Crippen LogP contribution in [-0.2, 0) is 25.6 Å². The third-order valence-corrected chi connectivity index (χ3v) is 11.8. The average molecular weight is 919 g/mol. The van der Waals surface area contributed by atoms with Gasteiger partial charge in [0.15, 0.2) is 0 Å². The third-order valence-electron chi connectivity index (χ3n) is 9.79. The van der Waals surface area contributed by atoms with Gasteiger partial charge in [0.05, 0.1) is 20.6 Å². The molecule has 0 saturated heterocycles. The van der Waals surface area contributed by atoms with Crippen LogP contribution < -0.4 is 9.75 Å². The summed E-state index contributed by atoms with van der Waals surface area (Å²) in [5, 5.41) is 6.99. The fourth-order valence-corrected chi connectivity index (χ4v) is 7.82. The Kier molecular flexibility index (Phi) is 8.13. The molecule has 4 nitrogen and oxygen atoms in total. The van der Waals surface area contributed by atoms with Crippen molar-refractivity contribution < 1.29 is 38.7 Å². The summed E-state index contributed by atoms with van der Waals surface area (Å²) in [5.41, 5.74) is 3.26. The number of rotatable bonds is 4. The van der Waals surface area contributed by atoms with Crippen LogP contribution in [0, 0.1) is 32.2 Å². The summed E-state index contributed by atoms with van der Waals surface area (Å²) >= 11 is 0. The van der Waals surface area contributed by atoms with Crippen LogP contribution >= 0.6 is 0 Å². The number of hydrogen-bond acceptors (Lipinski definition) is 2. The van der Waals surface area contributed by atoms with Gasteiger partial charge in [-0.3, -0.25) is 0 Å². The number of nitrogens with zero attached hydrogens (tertiary/aromatic N) is 3. The molecule has 0 atom stereocenters. The molecule has 0 fully saturated rings. The molecule has 3 aromatic heterocycles. The number of aromatic nitrogens is 3. The molecular formula is C49H45IrN3OSi+. The predicted octanol–water partition coefficient (Wildman–Crippen LogP) is 11.7. The van der Waals surface area contributed by atoms with E-state index < -0.39 is 21.8 Å². The Hall–Kier alpha value is -5.13. The zero-order valence-corrected chi connectivity index (χ0v) is 35.0. The predicted molar refractivity (Wildman–Crippen MR) is 227 cm³/mol. The maximum absolute atomic E-state index is 9.00. The molecule has 0 aliphatic heterocycles. The van der Waals surface area contributed by atoms with Gasteiger partial charge >= 0.3 is 20.1 Å². The first kappa shape index (κ1) is 30.1. The minimum atomic E-state index is -2.60. The van der Waals surface area contributed by atoms with Gasteiger partial charge in [-0.2, -0.15) is 30.3 Å². The van der Waals surface area contributed by atoms with Crippen molar-refractivity contribution in [1.82, 2.24) is 9.55 Å². The van der Waals surface area contributed by atoms with Crippen molar-refractivity contribution in [3.05, 3.63) is 157 Å². The fraction of sp³-hybridized carbons (Fsp3) is 0.184. The van der Waals surface area contributed by atoms with Crippen LogP contribution in [0.15, 0.2) is 132 Å². The second kappa shape index (κ2) is 14.8. The fourth-order valence-electron chi connectivity index (χ4n) is 6.74. The first-order valence-electron chi connectivity index (χ1n) is 21.5. The number of furan rings is 1. The van der Waals surface area contributed by atoms with Gasteiger partial charge in [-0.05, 0) is 96.1 Å². The van der Waals surface area contributed by atoms with E-state index >= 15 is 0 Å². The van der Waals surface area contributed by atoms with Crippen LogP contribution in [0.2, 0.25) is 19.6 Å². The summed E-state index contributed by atoms with van der Waals surface area (Å²) in [6, 6.07) is 39.4. The monoisotopic (exact) mass is 919 g/mol. The Bertz CT molecular complexity index is 3110. The zero-order chi connectivity index (χ0) is 43.6. The van der Waals surface area contributed by atoms with Gasteiger partial charge in [0.25, 0.3) is 0 Å². The van der Waals surface area contributed by atoms with Crippen LogP contribution in [0.1, 0.15) is 41.5 Å². The Balaban J connectivity index is 0.000000305. The van der Waals surface area contributed by atoms with Gasteiger partial charge < -0.3 is 18.5 Å². The van der Waals surface area contributed by atoms with E-state index in [1.54, 1.807) is 24.3 Å². The first-order chi connectivity index (χ1) is 28.7. The number of fused-ring (bicyclic) bond motifs is 6. The van der Waals surface area contributed by atoms with Gasteiger partial charge in [0.2, 0.25) is 6.33 Å². The van der Waals surface area contributed by atoms with Crippen molar-refractivity contribution in [2.75, 3.05) is 0 Å². The van der Waals surface area contributed by atoms with Crippen LogP contribution in [0.5, 0.6) is 0 Å². The Morgan fingerprint density at radius 1 is 0.782 bits per heavy atom. The van der Waals surface area contributed by atoms with E-state index in [4.69, 9.17) is 14.0 Å². The summed E-state index contributed by atoms with van der Waals surface area (Å²) in [6.45, 7) is 7.53. The Labute approximate surface area is 348 Å². The van der Waals surface area contributed by atoms with E-state index in [9.17, 15) is 0 Å². The van der Waals surface area contributed by atoms with Crippen LogP contribution in [0.25, 0.3) is 71.6 Å². The number of imidazole rings is 1. The maximum Gasteiger partial charge on any atom is 3.00 e. The standard InChI is InChI=1S/C36H30NOSi.C13H15N2.Ir/c1-22-17-26(39(3,4)5)15-16-27(22)31-19-34(37-21-23(31)2)30-12-8-11-29-33-18-25-14-13-24-9-6-7-10-28(24)32(25)20-35(33)38-36(29)30;1-13(2,3)15-10-9-14(11-15)12-7-5-4-6-8-12;/h6-11,13-21H,1-5H3;4-7,9-10H,1-3H3;/q2*-1;+3/i1D3,2D3,16D;;. The van der Waals surface area contributed by atoms with Crippen molar-refractivity contribution in [3.8, 4) is 28.1 Å². The molecule has 9 aromatic rings. The van der Waals surface area contributed by atoms with Crippen molar-refractivity contribution >= 4 is 56.7 Å². The van der Waals surface area contributed by atoms with E-state index in [1.165, 1.54) is 6.20 Å². The van der Waals surface area contributed by atoms with E-state index in [2.05, 4.69) is 98.8 Å². The molecule has 0 aliphatic carbocycles. The third kappa shape index (κ3) is 7.47. The van der Waals surface area contributed by atoms with Crippen LogP contribution in [0.4, 0.5) is 0 Å². The number of aryl methyl sites for hydroxylation is 2. The van der Waals surface area contributed by atoms with Crippen LogP contribution in [-0.4, -0.2) is 17.6 Å². The quantitative estimate of drug-likeness (QED) is 0.0763. The second-order valence-corrected chi connectivity index (χ2v) is 20.7. The van der Waals surface area contributed by atoms with Crippen molar-refractivity contribution in [3.63, 3.8) is 0 Å². The molecular weight excluding hydrogens is 867 g/mol. The second-order valence-electron chi connectivity index (χ2n) is 15.7. The molecule has 0 radical (unpaired) electrons. The molecule has 0 saturated carbocycles. The number of pyridine rings is 1. The molecule has 6 heteroatoms. The van der Waals surface area contributed by atoms with E-state index in [1.807, 2.05) is 65.5 Å². The maximum atomic E-state index is 9.00. The molecule has 0 aliphatic rings. The molecule has 3 heterocycles. The number of benzene rings is 6. The molecule has 0 amide bonds. The normalized spacial score (nSPS) is 14.2. The Morgan fingerprint density at radius 2 is 1.58 bits per heavy atom. The summed E-state index contributed by atoms with van der Waals surface area (Å²) in [4.78, 5) is 4.55. The number of para-hydroxylation sites is 1. The summed E-state index contributed by atoms with van der Waals surface area (Å²) in [7, 11) is -2.00.